The van der Waals surface area contributed by atoms with Crippen LogP contribution >= 0.6 is 0 Å². The second kappa shape index (κ2) is 6.22. The van der Waals surface area contributed by atoms with E-state index < -0.39 is 5.97 Å². The maximum Gasteiger partial charge on any atom is 0.349 e. The van der Waals surface area contributed by atoms with Gasteiger partial charge in [-0.1, -0.05) is 12.1 Å². The molecule has 0 aliphatic heterocycles. The van der Waals surface area contributed by atoms with Crippen molar-refractivity contribution >= 4 is 12.0 Å². The van der Waals surface area contributed by atoms with E-state index in [2.05, 4.69) is 0 Å². The predicted octanol–water partition coefficient (Wildman–Crippen LogP) is 2.42. The average Bonchev–Trinajstić information content (AvgIpc) is 2.35. The molecule has 0 spiro atoms. The van der Waals surface area contributed by atoms with Gasteiger partial charge in [0.2, 0.25) is 0 Å². The predicted molar refractivity (Wildman–Crippen MR) is 66.0 cm³/mol. The lowest BCUT2D eigenvalue weighted by molar-refractivity contribution is -0.142. The number of rotatable bonds is 3. The van der Waals surface area contributed by atoms with Gasteiger partial charge in [0, 0.05) is 0 Å². The summed E-state index contributed by atoms with van der Waals surface area (Å²) in [7, 11) is 0. The van der Waals surface area contributed by atoms with Gasteiger partial charge in [-0.2, -0.15) is 10.5 Å². The number of ether oxygens (including phenoxy) is 1. The third-order valence-corrected chi connectivity index (χ3v) is 2.03. The third kappa shape index (κ3) is 3.77. The second-order valence-electron chi connectivity index (χ2n) is 3.86. The molecule has 0 heterocycles. The Hall–Kier alpha value is -2.59. The van der Waals surface area contributed by atoms with Gasteiger partial charge in [-0.15, -0.1) is 0 Å². The Bertz CT molecular complexity index is 543. The molecule has 1 aromatic carbocycles. The molecule has 0 bridgehead atoms. The lowest BCUT2D eigenvalue weighted by Crippen LogP contribution is -2.12. The van der Waals surface area contributed by atoms with E-state index in [4.69, 9.17) is 15.3 Å². The van der Waals surface area contributed by atoms with E-state index >= 15 is 0 Å². The summed E-state index contributed by atoms with van der Waals surface area (Å²) >= 11 is 0. The number of nitrogens with zero attached hydrogens (tertiary/aromatic N) is 2. The van der Waals surface area contributed by atoms with Crippen molar-refractivity contribution in [2.75, 3.05) is 0 Å². The van der Waals surface area contributed by atoms with E-state index in [1.165, 1.54) is 6.08 Å². The standard InChI is InChI=1S/C14H12N2O2/c1-10(2)18-14(17)13(9-16)7-11-3-5-12(8-15)6-4-11/h3-7,10H,1-2H3/b13-7+. The summed E-state index contributed by atoms with van der Waals surface area (Å²) in [6.07, 6.45) is 1.17. The lowest BCUT2D eigenvalue weighted by atomic mass is 10.1. The highest BCUT2D eigenvalue weighted by molar-refractivity contribution is 5.97. The van der Waals surface area contributed by atoms with Gasteiger partial charge in [-0.3, -0.25) is 0 Å². The minimum atomic E-state index is -0.642. The summed E-state index contributed by atoms with van der Waals surface area (Å²) in [6.45, 7) is 3.43. The van der Waals surface area contributed by atoms with E-state index in [0.717, 1.165) is 0 Å². The first-order chi connectivity index (χ1) is 8.56. The largest absolute Gasteiger partial charge is 0.459 e. The van der Waals surface area contributed by atoms with Crippen LogP contribution in [0.2, 0.25) is 0 Å². The highest BCUT2D eigenvalue weighted by Gasteiger charge is 2.12. The Labute approximate surface area is 106 Å². The molecule has 4 heteroatoms. The van der Waals surface area contributed by atoms with Gasteiger partial charge >= 0.3 is 5.97 Å². The monoisotopic (exact) mass is 240 g/mol. The molecule has 0 aliphatic rings. The molecule has 0 N–H and O–H groups in total. The molecule has 4 nitrogen and oxygen atoms in total. The maximum absolute atomic E-state index is 11.5. The smallest absolute Gasteiger partial charge is 0.349 e. The number of hydrogen-bond donors (Lipinski definition) is 0. The second-order valence-corrected chi connectivity index (χ2v) is 3.86. The summed E-state index contributed by atoms with van der Waals surface area (Å²) in [5.41, 5.74) is 1.13. The van der Waals surface area contributed by atoms with Gasteiger partial charge in [-0.05, 0) is 37.6 Å². The van der Waals surface area contributed by atoms with Gasteiger partial charge in [-0.25, -0.2) is 4.79 Å². The van der Waals surface area contributed by atoms with Gasteiger partial charge in [0.05, 0.1) is 17.7 Å². The zero-order chi connectivity index (χ0) is 13.5. The fourth-order valence-corrected chi connectivity index (χ4v) is 1.23. The first kappa shape index (κ1) is 13.5. The molecule has 0 amide bonds. The Balaban J connectivity index is 2.94. The summed E-state index contributed by atoms with van der Waals surface area (Å²) in [5.74, 6) is -0.642. The van der Waals surface area contributed by atoms with Crippen LogP contribution in [0.25, 0.3) is 6.08 Å². The Morgan fingerprint density at radius 2 is 1.89 bits per heavy atom. The molecule has 0 aromatic heterocycles. The zero-order valence-corrected chi connectivity index (χ0v) is 10.2. The van der Waals surface area contributed by atoms with Crippen molar-refractivity contribution in [3.63, 3.8) is 0 Å². The van der Waals surface area contributed by atoms with Crippen molar-refractivity contribution in [3.8, 4) is 12.1 Å². The molecule has 18 heavy (non-hydrogen) atoms. The van der Waals surface area contributed by atoms with Gasteiger partial charge in [0.1, 0.15) is 11.6 Å². The van der Waals surface area contributed by atoms with Gasteiger partial charge in [0.15, 0.2) is 0 Å². The lowest BCUT2D eigenvalue weighted by Gasteiger charge is -2.06. The molecular formula is C14H12N2O2. The molecule has 0 fully saturated rings. The van der Waals surface area contributed by atoms with E-state index in [1.807, 2.05) is 6.07 Å². The molecule has 0 saturated carbocycles. The normalized spacial score (nSPS) is 10.6. The van der Waals surface area contributed by atoms with Gasteiger partial charge in [0.25, 0.3) is 0 Å². The van der Waals surface area contributed by atoms with Crippen molar-refractivity contribution in [1.29, 1.82) is 10.5 Å². The van der Waals surface area contributed by atoms with E-state index in [9.17, 15) is 4.79 Å². The fourth-order valence-electron chi connectivity index (χ4n) is 1.23. The Morgan fingerprint density at radius 3 is 2.33 bits per heavy atom. The van der Waals surface area contributed by atoms with Crippen LogP contribution in [-0.4, -0.2) is 12.1 Å². The number of nitriles is 2. The summed E-state index contributed by atoms with van der Waals surface area (Å²) in [4.78, 5) is 11.5. The van der Waals surface area contributed by atoms with E-state index in [1.54, 1.807) is 44.2 Å². The Morgan fingerprint density at radius 1 is 1.28 bits per heavy atom. The third-order valence-electron chi connectivity index (χ3n) is 2.03. The number of benzene rings is 1. The first-order valence-electron chi connectivity index (χ1n) is 5.39. The molecule has 0 saturated heterocycles. The minimum Gasteiger partial charge on any atom is -0.459 e. The van der Waals surface area contributed by atoms with Crippen LogP contribution in [0.5, 0.6) is 0 Å². The van der Waals surface area contributed by atoms with Crippen LogP contribution in [0, 0.1) is 22.7 Å². The topological polar surface area (TPSA) is 73.9 Å². The zero-order valence-electron chi connectivity index (χ0n) is 10.2. The van der Waals surface area contributed by atoms with Crippen LogP contribution in [0.15, 0.2) is 29.8 Å². The van der Waals surface area contributed by atoms with Crippen LogP contribution in [0.1, 0.15) is 25.0 Å². The summed E-state index contributed by atoms with van der Waals surface area (Å²) < 4.78 is 4.94. The molecule has 1 rings (SSSR count). The van der Waals surface area contributed by atoms with E-state index in [0.29, 0.717) is 11.1 Å². The molecule has 0 aliphatic carbocycles. The van der Waals surface area contributed by atoms with Crippen molar-refractivity contribution in [1.82, 2.24) is 0 Å². The first-order valence-corrected chi connectivity index (χ1v) is 5.39. The summed E-state index contributed by atoms with van der Waals surface area (Å²) in [6, 6.07) is 10.4. The van der Waals surface area contributed by atoms with Crippen molar-refractivity contribution < 1.29 is 9.53 Å². The van der Waals surface area contributed by atoms with Crippen molar-refractivity contribution in [3.05, 3.63) is 41.0 Å². The van der Waals surface area contributed by atoms with Crippen LogP contribution < -0.4 is 0 Å². The van der Waals surface area contributed by atoms with Crippen LogP contribution in [0.3, 0.4) is 0 Å². The highest BCUT2D eigenvalue weighted by atomic mass is 16.5. The molecule has 90 valence electrons. The summed E-state index contributed by atoms with van der Waals surface area (Å²) in [5, 5.41) is 17.6. The van der Waals surface area contributed by atoms with E-state index in [-0.39, 0.29) is 11.7 Å². The van der Waals surface area contributed by atoms with Crippen molar-refractivity contribution in [2.45, 2.75) is 20.0 Å². The fraction of sp³-hybridized carbons (Fsp3) is 0.214. The number of hydrogen-bond acceptors (Lipinski definition) is 4. The SMILES string of the molecule is CC(C)OC(=O)/C(C#N)=C/c1ccc(C#N)cc1. The molecular weight excluding hydrogens is 228 g/mol. The molecule has 0 radical (unpaired) electrons. The highest BCUT2D eigenvalue weighted by Crippen LogP contribution is 2.10. The van der Waals surface area contributed by atoms with Crippen LogP contribution in [0.4, 0.5) is 0 Å². The van der Waals surface area contributed by atoms with Crippen LogP contribution in [-0.2, 0) is 9.53 Å². The average molecular weight is 240 g/mol. The molecule has 0 atom stereocenters. The Kier molecular flexibility index (Phi) is 4.66. The molecule has 0 unspecified atom stereocenters. The number of carbonyl (C=O) groups excluding carboxylic acids is 1. The quantitative estimate of drug-likeness (QED) is 0.462. The number of carbonyl (C=O) groups is 1. The molecule has 1 aromatic rings. The van der Waals surface area contributed by atoms with Crippen molar-refractivity contribution in [2.24, 2.45) is 0 Å². The minimum absolute atomic E-state index is 0.0617. The van der Waals surface area contributed by atoms with Gasteiger partial charge < -0.3 is 4.74 Å². The number of esters is 1. The maximum atomic E-state index is 11.5.